The molecule has 0 amide bonds. The zero-order valence-electron chi connectivity index (χ0n) is 10.6. The quantitative estimate of drug-likeness (QED) is 0.470. The summed E-state index contributed by atoms with van der Waals surface area (Å²) in [7, 11) is -8.67. The summed E-state index contributed by atoms with van der Waals surface area (Å²) < 4.78 is 26.6. The van der Waals surface area contributed by atoms with Crippen LogP contribution in [0.1, 0.15) is 58.3 Å². The molecule has 3 N–H and O–H groups in total. The van der Waals surface area contributed by atoms with Crippen molar-refractivity contribution in [3.63, 3.8) is 0 Å². The van der Waals surface area contributed by atoms with E-state index in [2.05, 4.69) is 11.2 Å². The van der Waals surface area contributed by atoms with Gasteiger partial charge in [-0.25, -0.2) is 4.31 Å². The van der Waals surface area contributed by atoms with Crippen molar-refractivity contribution < 1.29 is 28.3 Å². The molecular formula is C10H22O6P2. The predicted molar refractivity (Wildman–Crippen MR) is 68.3 cm³/mol. The molecule has 8 heteroatoms. The molecule has 1 heterocycles. The molecule has 2 atom stereocenters. The Kier molecular flexibility index (Phi) is 5.60. The normalized spacial score (nSPS) is 39.6. The molecule has 1 rings (SSSR count). The summed E-state index contributed by atoms with van der Waals surface area (Å²) in [6, 6.07) is 0. The number of hydrogen-bond acceptors (Lipinski definition) is 4. The first kappa shape index (κ1) is 16.4. The van der Waals surface area contributed by atoms with E-state index in [4.69, 9.17) is 0 Å². The Bertz CT molecular complexity index is 347. The van der Waals surface area contributed by atoms with Crippen LogP contribution in [0.15, 0.2) is 0 Å². The minimum atomic E-state index is -4.33. The smallest absolute Gasteiger partial charge is 0.367 e. The van der Waals surface area contributed by atoms with Gasteiger partial charge in [-0.3, -0.25) is 9.13 Å². The van der Waals surface area contributed by atoms with Gasteiger partial charge in [-0.15, -0.1) is 0 Å². The fourth-order valence-corrected chi connectivity index (χ4v) is 6.15. The SMILES string of the molecule is CCCCCCCCCC1(O)P(=O)(O)OP1(=O)O. The lowest BCUT2D eigenvalue weighted by molar-refractivity contribution is 0.0876. The van der Waals surface area contributed by atoms with Crippen molar-refractivity contribution in [1.29, 1.82) is 0 Å². The van der Waals surface area contributed by atoms with Crippen LogP contribution < -0.4 is 0 Å². The van der Waals surface area contributed by atoms with Crippen molar-refractivity contribution in [2.24, 2.45) is 0 Å². The zero-order chi connectivity index (χ0) is 13.9. The van der Waals surface area contributed by atoms with Crippen LogP contribution in [0.3, 0.4) is 0 Å². The van der Waals surface area contributed by atoms with Crippen molar-refractivity contribution in [3.05, 3.63) is 0 Å². The molecule has 108 valence electrons. The molecular weight excluding hydrogens is 278 g/mol. The summed E-state index contributed by atoms with van der Waals surface area (Å²) >= 11 is 0. The van der Waals surface area contributed by atoms with Crippen LogP contribution in [0.5, 0.6) is 0 Å². The van der Waals surface area contributed by atoms with Gasteiger partial charge in [-0.2, -0.15) is 0 Å². The summed E-state index contributed by atoms with van der Waals surface area (Å²) in [6.07, 6.45) is 6.60. The summed E-state index contributed by atoms with van der Waals surface area (Å²) in [4.78, 5) is 18.4. The minimum absolute atomic E-state index is 0.164. The highest BCUT2D eigenvalue weighted by molar-refractivity contribution is 7.85. The van der Waals surface area contributed by atoms with Crippen molar-refractivity contribution in [2.75, 3.05) is 0 Å². The van der Waals surface area contributed by atoms with Gasteiger partial charge in [0.05, 0.1) is 0 Å². The molecule has 0 aliphatic carbocycles. The van der Waals surface area contributed by atoms with E-state index in [0.717, 1.165) is 25.7 Å². The zero-order valence-corrected chi connectivity index (χ0v) is 12.4. The summed E-state index contributed by atoms with van der Waals surface area (Å²) in [5.74, 6) is 0. The van der Waals surface area contributed by atoms with E-state index >= 15 is 0 Å². The molecule has 1 aliphatic heterocycles. The third kappa shape index (κ3) is 3.24. The lowest BCUT2D eigenvalue weighted by atomic mass is 10.1. The summed E-state index contributed by atoms with van der Waals surface area (Å²) in [6.45, 7) is 2.13. The van der Waals surface area contributed by atoms with Gasteiger partial charge in [0.15, 0.2) is 0 Å². The Balaban J connectivity index is 2.26. The average molecular weight is 300 g/mol. The number of rotatable bonds is 8. The highest BCUT2D eigenvalue weighted by atomic mass is 31.3. The van der Waals surface area contributed by atoms with Crippen LogP contribution in [0.4, 0.5) is 0 Å². The maximum absolute atomic E-state index is 11.3. The lowest BCUT2D eigenvalue weighted by Crippen LogP contribution is -2.37. The van der Waals surface area contributed by atoms with Gasteiger partial charge >= 0.3 is 15.2 Å². The summed E-state index contributed by atoms with van der Waals surface area (Å²) in [5, 5.41) is 7.31. The first-order valence-electron chi connectivity index (χ1n) is 6.36. The molecule has 6 nitrogen and oxygen atoms in total. The highest BCUT2D eigenvalue weighted by Gasteiger charge is 2.73. The fourth-order valence-electron chi connectivity index (χ4n) is 2.01. The second-order valence-corrected chi connectivity index (χ2v) is 9.34. The first-order valence-corrected chi connectivity index (χ1v) is 9.52. The third-order valence-electron chi connectivity index (χ3n) is 3.24. The molecule has 0 aromatic carbocycles. The van der Waals surface area contributed by atoms with Crippen LogP contribution in [-0.4, -0.2) is 20.0 Å². The second kappa shape index (κ2) is 6.17. The lowest BCUT2D eigenvalue weighted by Gasteiger charge is -2.43. The average Bonchev–Trinajstić information content (AvgIpc) is 2.25. The van der Waals surface area contributed by atoms with Gasteiger partial charge in [0.25, 0.3) is 5.08 Å². The van der Waals surface area contributed by atoms with Crippen LogP contribution in [0, 0.1) is 0 Å². The van der Waals surface area contributed by atoms with Gasteiger partial charge < -0.3 is 14.9 Å². The first-order chi connectivity index (χ1) is 8.27. The molecule has 0 spiro atoms. The highest BCUT2D eigenvalue weighted by Crippen LogP contribution is 2.88. The molecule has 1 fully saturated rings. The molecule has 1 saturated heterocycles. The molecule has 0 bridgehead atoms. The third-order valence-corrected chi connectivity index (χ3v) is 8.79. The van der Waals surface area contributed by atoms with Gasteiger partial charge in [0, 0.05) is 0 Å². The van der Waals surface area contributed by atoms with Crippen molar-refractivity contribution >= 4 is 15.2 Å². The molecule has 2 unspecified atom stereocenters. The Morgan fingerprint density at radius 1 is 0.944 bits per heavy atom. The molecule has 0 radical (unpaired) electrons. The van der Waals surface area contributed by atoms with Gasteiger partial charge in [0.2, 0.25) is 0 Å². The molecule has 0 aromatic rings. The molecule has 1 aliphatic rings. The number of hydrogen-bond donors (Lipinski definition) is 3. The van der Waals surface area contributed by atoms with Crippen LogP contribution in [0.2, 0.25) is 0 Å². The molecule has 18 heavy (non-hydrogen) atoms. The number of unbranched alkanes of at least 4 members (excludes halogenated alkanes) is 6. The van der Waals surface area contributed by atoms with E-state index in [0.29, 0.717) is 6.42 Å². The minimum Gasteiger partial charge on any atom is -0.367 e. The standard InChI is InChI=1S/C10H22O6P2/c1-2-3-4-5-6-7-8-9-10(11)17(12,13)16-18(10,14)15/h11H,2-9H2,1H3,(H,12,13)(H,14,15). The van der Waals surface area contributed by atoms with Gasteiger partial charge in [0.1, 0.15) is 0 Å². The predicted octanol–water partition coefficient (Wildman–Crippen LogP) is 3.17. The van der Waals surface area contributed by atoms with E-state index in [1.54, 1.807) is 0 Å². The van der Waals surface area contributed by atoms with Crippen molar-refractivity contribution in [2.45, 2.75) is 63.4 Å². The van der Waals surface area contributed by atoms with E-state index in [1.807, 2.05) is 0 Å². The topological polar surface area (TPSA) is 104 Å². The monoisotopic (exact) mass is 300 g/mol. The van der Waals surface area contributed by atoms with E-state index in [-0.39, 0.29) is 6.42 Å². The maximum Gasteiger partial charge on any atom is 0.379 e. The molecule has 0 saturated carbocycles. The van der Waals surface area contributed by atoms with Gasteiger partial charge in [-0.05, 0) is 12.8 Å². The van der Waals surface area contributed by atoms with E-state index in [1.165, 1.54) is 12.8 Å². The Morgan fingerprint density at radius 3 is 1.83 bits per heavy atom. The van der Waals surface area contributed by atoms with Crippen molar-refractivity contribution in [3.8, 4) is 0 Å². The van der Waals surface area contributed by atoms with E-state index < -0.39 is 20.3 Å². The largest absolute Gasteiger partial charge is 0.379 e. The van der Waals surface area contributed by atoms with Crippen LogP contribution in [0.25, 0.3) is 0 Å². The Hall–Kier alpha value is 0.300. The molecule has 0 aromatic heterocycles. The van der Waals surface area contributed by atoms with Crippen LogP contribution >= 0.6 is 15.2 Å². The second-order valence-electron chi connectivity index (χ2n) is 4.77. The van der Waals surface area contributed by atoms with E-state index in [9.17, 15) is 24.0 Å². The summed E-state index contributed by atoms with van der Waals surface area (Å²) in [5.41, 5.74) is 0. The van der Waals surface area contributed by atoms with Crippen molar-refractivity contribution in [1.82, 2.24) is 0 Å². The maximum atomic E-state index is 11.3. The van der Waals surface area contributed by atoms with Crippen LogP contribution in [-0.2, 0) is 13.4 Å². The van der Waals surface area contributed by atoms with Gasteiger partial charge in [-0.1, -0.05) is 45.4 Å². The Labute approximate surface area is 107 Å². The number of aliphatic hydroxyl groups is 1. The Morgan fingerprint density at radius 2 is 1.39 bits per heavy atom. The fraction of sp³-hybridized carbons (Fsp3) is 1.00.